The Labute approximate surface area is 158 Å². The van der Waals surface area contributed by atoms with Gasteiger partial charge in [-0.25, -0.2) is 4.98 Å². The van der Waals surface area contributed by atoms with Crippen LogP contribution in [0, 0.1) is 0 Å². The zero-order chi connectivity index (χ0) is 18.9. The van der Waals surface area contributed by atoms with Gasteiger partial charge in [0, 0.05) is 38.3 Å². The third-order valence-corrected chi connectivity index (χ3v) is 4.31. The Morgan fingerprint density at radius 3 is 2.81 bits per heavy atom. The molecule has 0 aromatic carbocycles. The zero-order valence-corrected chi connectivity index (χ0v) is 15.2. The minimum absolute atomic E-state index is 0.156. The molecule has 0 spiro atoms. The van der Waals surface area contributed by atoms with Gasteiger partial charge in [-0.2, -0.15) is 0 Å². The van der Waals surface area contributed by atoms with Gasteiger partial charge in [0.25, 0.3) is 0 Å². The van der Waals surface area contributed by atoms with E-state index in [1.807, 2.05) is 12.1 Å². The van der Waals surface area contributed by atoms with Gasteiger partial charge in [-0.05, 0) is 49.6 Å². The molecule has 1 aliphatic rings. The van der Waals surface area contributed by atoms with Gasteiger partial charge < -0.3 is 20.0 Å². The SMILES string of the molecule is O=C(/C=C/c1ccco1)NCCC(=O)Nc1cccnc1N1CCCCC1. The van der Waals surface area contributed by atoms with Crippen LogP contribution in [-0.2, 0) is 9.59 Å². The molecular formula is C20H24N4O3. The van der Waals surface area contributed by atoms with Gasteiger partial charge in [0.2, 0.25) is 11.8 Å². The largest absolute Gasteiger partial charge is 0.465 e. The topological polar surface area (TPSA) is 87.5 Å². The quantitative estimate of drug-likeness (QED) is 0.734. The summed E-state index contributed by atoms with van der Waals surface area (Å²) in [5.41, 5.74) is 0.716. The summed E-state index contributed by atoms with van der Waals surface area (Å²) in [7, 11) is 0. The maximum Gasteiger partial charge on any atom is 0.244 e. The maximum atomic E-state index is 12.2. The molecule has 1 fully saturated rings. The Morgan fingerprint density at radius 1 is 1.19 bits per heavy atom. The van der Waals surface area contributed by atoms with Gasteiger partial charge in [-0.1, -0.05) is 0 Å². The maximum absolute atomic E-state index is 12.2. The minimum atomic E-state index is -0.269. The van der Waals surface area contributed by atoms with E-state index < -0.39 is 0 Å². The predicted molar refractivity (Wildman–Crippen MR) is 104 cm³/mol. The predicted octanol–water partition coefficient (Wildman–Crippen LogP) is 2.82. The van der Waals surface area contributed by atoms with Crippen LogP contribution in [0.25, 0.3) is 6.08 Å². The number of hydrogen-bond donors (Lipinski definition) is 2. The highest BCUT2D eigenvalue weighted by Gasteiger charge is 2.16. The number of carbonyl (C=O) groups is 2. The van der Waals surface area contributed by atoms with Crippen molar-refractivity contribution in [2.45, 2.75) is 25.7 Å². The molecule has 2 aromatic heterocycles. The first-order chi connectivity index (χ1) is 13.2. The summed E-state index contributed by atoms with van der Waals surface area (Å²) in [5.74, 6) is 0.992. The lowest BCUT2D eigenvalue weighted by Gasteiger charge is -2.29. The molecule has 0 bridgehead atoms. The summed E-state index contributed by atoms with van der Waals surface area (Å²) in [5, 5.41) is 5.59. The van der Waals surface area contributed by atoms with E-state index in [-0.39, 0.29) is 24.8 Å². The summed E-state index contributed by atoms with van der Waals surface area (Å²) in [6, 6.07) is 7.17. The fraction of sp³-hybridized carbons (Fsp3) is 0.350. The summed E-state index contributed by atoms with van der Waals surface area (Å²) >= 11 is 0. The molecule has 0 saturated carbocycles. The fourth-order valence-corrected chi connectivity index (χ4v) is 2.97. The number of aromatic nitrogens is 1. The van der Waals surface area contributed by atoms with E-state index in [9.17, 15) is 9.59 Å². The third-order valence-electron chi connectivity index (χ3n) is 4.31. The minimum Gasteiger partial charge on any atom is -0.465 e. The second-order valence-corrected chi connectivity index (χ2v) is 6.36. The van der Waals surface area contributed by atoms with Crippen LogP contribution < -0.4 is 15.5 Å². The Hall–Kier alpha value is -3.09. The number of pyridine rings is 1. The van der Waals surface area contributed by atoms with E-state index in [2.05, 4.69) is 20.5 Å². The second-order valence-electron chi connectivity index (χ2n) is 6.36. The average Bonchev–Trinajstić information content (AvgIpc) is 3.21. The number of furan rings is 1. The molecule has 2 amide bonds. The standard InChI is InChI=1S/C20H24N4O3/c25-18(9-8-16-6-5-15-27-16)21-12-10-19(26)23-17-7-4-11-22-20(17)24-13-2-1-3-14-24/h4-9,11,15H,1-3,10,12-14H2,(H,21,25)(H,23,26)/b9-8+. The first-order valence-corrected chi connectivity index (χ1v) is 9.21. The fourth-order valence-electron chi connectivity index (χ4n) is 2.97. The summed E-state index contributed by atoms with van der Waals surface area (Å²) in [6.07, 6.45) is 9.95. The monoisotopic (exact) mass is 368 g/mol. The van der Waals surface area contributed by atoms with Crippen molar-refractivity contribution in [1.82, 2.24) is 10.3 Å². The molecule has 7 heteroatoms. The number of carbonyl (C=O) groups excluding carboxylic acids is 2. The Balaban J connectivity index is 1.46. The van der Waals surface area contributed by atoms with Crippen LogP contribution in [0.5, 0.6) is 0 Å². The van der Waals surface area contributed by atoms with Crippen LogP contribution in [0.4, 0.5) is 11.5 Å². The molecule has 1 saturated heterocycles. The van der Waals surface area contributed by atoms with E-state index in [1.54, 1.807) is 30.7 Å². The molecule has 7 nitrogen and oxygen atoms in total. The molecule has 0 aliphatic carbocycles. The second kappa shape index (κ2) is 9.56. The lowest BCUT2D eigenvalue weighted by Crippen LogP contribution is -2.31. The van der Waals surface area contributed by atoms with Gasteiger partial charge in [0.15, 0.2) is 5.82 Å². The first kappa shape index (κ1) is 18.7. The molecule has 0 atom stereocenters. The molecule has 3 heterocycles. The van der Waals surface area contributed by atoms with Crippen molar-refractivity contribution >= 4 is 29.4 Å². The van der Waals surface area contributed by atoms with Crippen molar-refractivity contribution in [2.24, 2.45) is 0 Å². The van der Waals surface area contributed by atoms with Crippen LogP contribution >= 0.6 is 0 Å². The highest BCUT2D eigenvalue weighted by molar-refractivity contribution is 5.95. The molecule has 2 aromatic rings. The number of piperidine rings is 1. The number of rotatable bonds is 7. The highest BCUT2D eigenvalue weighted by atomic mass is 16.3. The van der Waals surface area contributed by atoms with Crippen molar-refractivity contribution in [2.75, 3.05) is 29.9 Å². The van der Waals surface area contributed by atoms with Crippen molar-refractivity contribution in [1.29, 1.82) is 0 Å². The van der Waals surface area contributed by atoms with Crippen LogP contribution in [0.3, 0.4) is 0 Å². The van der Waals surface area contributed by atoms with Crippen LogP contribution in [-0.4, -0.2) is 36.4 Å². The van der Waals surface area contributed by atoms with Crippen LogP contribution in [0.1, 0.15) is 31.4 Å². The lowest BCUT2D eigenvalue weighted by atomic mass is 10.1. The van der Waals surface area contributed by atoms with Crippen molar-refractivity contribution in [3.63, 3.8) is 0 Å². The van der Waals surface area contributed by atoms with Crippen LogP contribution in [0.2, 0.25) is 0 Å². The molecular weight excluding hydrogens is 344 g/mol. The summed E-state index contributed by atoms with van der Waals surface area (Å²) < 4.78 is 5.11. The van der Waals surface area contributed by atoms with Crippen molar-refractivity contribution < 1.29 is 14.0 Å². The van der Waals surface area contributed by atoms with Gasteiger partial charge in [0.05, 0.1) is 12.0 Å². The normalized spacial score (nSPS) is 14.3. The van der Waals surface area contributed by atoms with Gasteiger partial charge >= 0.3 is 0 Å². The van der Waals surface area contributed by atoms with Crippen LogP contribution in [0.15, 0.2) is 47.2 Å². The molecule has 142 valence electrons. The number of hydrogen-bond acceptors (Lipinski definition) is 5. The van der Waals surface area contributed by atoms with Gasteiger partial charge in [-0.15, -0.1) is 0 Å². The van der Waals surface area contributed by atoms with Gasteiger partial charge in [0.1, 0.15) is 5.76 Å². The molecule has 1 aliphatic heterocycles. The molecule has 27 heavy (non-hydrogen) atoms. The van der Waals surface area contributed by atoms with E-state index in [1.165, 1.54) is 12.5 Å². The zero-order valence-electron chi connectivity index (χ0n) is 15.2. The number of nitrogens with zero attached hydrogens (tertiary/aromatic N) is 2. The smallest absolute Gasteiger partial charge is 0.244 e. The summed E-state index contributed by atoms with van der Waals surface area (Å²) in [4.78, 5) is 30.6. The van der Waals surface area contributed by atoms with Gasteiger partial charge in [-0.3, -0.25) is 9.59 Å². The van der Waals surface area contributed by atoms with E-state index in [0.717, 1.165) is 31.7 Å². The Morgan fingerprint density at radius 2 is 2.04 bits per heavy atom. The van der Waals surface area contributed by atoms with Crippen molar-refractivity contribution in [3.05, 3.63) is 48.6 Å². The lowest BCUT2D eigenvalue weighted by molar-refractivity contribution is -0.117. The molecule has 3 rings (SSSR count). The Bertz CT molecular complexity index is 780. The summed E-state index contributed by atoms with van der Waals surface area (Å²) in [6.45, 7) is 2.17. The molecule has 0 unspecified atom stereocenters. The molecule has 0 radical (unpaired) electrons. The highest BCUT2D eigenvalue weighted by Crippen LogP contribution is 2.25. The number of nitrogens with one attached hydrogen (secondary N) is 2. The Kier molecular flexibility index (Phi) is 6.62. The average molecular weight is 368 g/mol. The van der Waals surface area contributed by atoms with E-state index in [0.29, 0.717) is 11.4 Å². The molecule has 2 N–H and O–H groups in total. The number of amides is 2. The van der Waals surface area contributed by atoms with E-state index >= 15 is 0 Å². The van der Waals surface area contributed by atoms with Crippen molar-refractivity contribution in [3.8, 4) is 0 Å². The third kappa shape index (κ3) is 5.70. The number of anilines is 2. The van der Waals surface area contributed by atoms with E-state index in [4.69, 9.17) is 4.42 Å². The first-order valence-electron chi connectivity index (χ1n) is 9.21.